The van der Waals surface area contributed by atoms with Gasteiger partial charge in [0.15, 0.2) is 0 Å². The fraction of sp³-hybridized carbons (Fsp3) is 0.615. The van der Waals surface area contributed by atoms with E-state index in [9.17, 15) is 4.79 Å². The Morgan fingerprint density at radius 1 is 1.53 bits per heavy atom. The fourth-order valence-corrected chi connectivity index (χ4v) is 2.58. The smallest absolute Gasteiger partial charge is 0.261 e. The lowest BCUT2D eigenvalue weighted by atomic mass is 10.1. The summed E-state index contributed by atoms with van der Waals surface area (Å²) >= 11 is 1.53. The van der Waals surface area contributed by atoms with Gasteiger partial charge < -0.3 is 10.4 Å². The summed E-state index contributed by atoms with van der Waals surface area (Å²) in [7, 11) is 0. The molecule has 0 bridgehead atoms. The second kappa shape index (κ2) is 6.17. The molecule has 2 atom stereocenters. The van der Waals surface area contributed by atoms with Crippen molar-refractivity contribution in [2.75, 3.05) is 6.61 Å². The van der Waals surface area contributed by atoms with E-state index in [1.807, 2.05) is 26.8 Å². The highest BCUT2D eigenvalue weighted by atomic mass is 32.1. The Bertz CT molecular complexity index is 387. The van der Waals surface area contributed by atoms with Gasteiger partial charge in [-0.2, -0.15) is 0 Å². The highest BCUT2D eigenvalue weighted by Crippen LogP contribution is 2.22. The average Bonchev–Trinajstić information content (AvgIpc) is 2.69. The van der Waals surface area contributed by atoms with Gasteiger partial charge >= 0.3 is 0 Å². The van der Waals surface area contributed by atoms with Crippen LogP contribution >= 0.6 is 11.3 Å². The third kappa shape index (κ3) is 3.54. The van der Waals surface area contributed by atoms with Gasteiger partial charge in [-0.25, -0.2) is 0 Å². The van der Waals surface area contributed by atoms with Crippen LogP contribution in [0, 0.1) is 12.8 Å². The molecular formula is C13H21NO2S. The Hall–Kier alpha value is -0.870. The van der Waals surface area contributed by atoms with Gasteiger partial charge in [-0.05, 0) is 37.8 Å². The number of rotatable bonds is 5. The van der Waals surface area contributed by atoms with Gasteiger partial charge in [0.2, 0.25) is 0 Å². The van der Waals surface area contributed by atoms with Crippen LogP contribution < -0.4 is 5.32 Å². The van der Waals surface area contributed by atoms with Crippen LogP contribution in [0.4, 0.5) is 0 Å². The quantitative estimate of drug-likeness (QED) is 0.848. The largest absolute Gasteiger partial charge is 0.396 e. The summed E-state index contributed by atoms with van der Waals surface area (Å²) < 4.78 is 0. The number of carbonyl (C=O) groups excluding carboxylic acids is 1. The Balaban J connectivity index is 2.69. The van der Waals surface area contributed by atoms with Crippen molar-refractivity contribution < 1.29 is 9.90 Å². The molecule has 2 N–H and O–H groups in total. The van der Waals surface area contributed by atoms with Gasteiger partial charge in [0.1, 0.15) is 0 Å². The molecule has 1 heterocycles. The maximum Gasteiger partial charge on any atom is 0.261 e. The maximum atomic E-state index is 12.0. The summed E-state index contributed by atoms with van der Waals surface area (Å²) in [4.78, 5) is 13.9. The Morgan fingerprint density at radius 2 is 2.18 bits per heavy atom. The number of hydrogen-bond acceptors (Lipinski definition) is 3. The Morgan fingerprint density at radius 3 is 2.65 bits per heavy atom. The number of aliphatic hydroxyl groups excluding tert-OH is 1. The van der Waals surface area contributed by atoms with Crippen LogP contribution in [0.25, 0.3) is 0 Å². The highest BCUT2D eigenvalue weighted by Gasteiger charge is 2.17. The van der Waals surface area contributed by atoms with Gasteiger partial charge in [0.25, 0.3) is 5.91 Å². The number of carbonyl (C=O) groups is 1. The van der Waals surface area contributed by atoms with Crippen molar-refractivity contribution in [2.24, 2.45) is 5.92 Å². The molecule has 0 aliphatic heterocycles. The highest BCUT2D eigenvalue weighted by molar-refractivity contribution is 7.14. The molecule has 0 spiro atoms. The Labute approximate surface area is 107 Å². The number of nitrogens with one attached hydrogen (secondary N) is 1. The molecular weight excluding hydrogens is 234 g/mol. The minimum absolute atomic E-state index is 0.0139. The monoisotopic (exact) mass is 255 g/mol. The van der Waals surface area contributed by atoms with E-state index >= 15 is 0 Å². The van der Waals surface area contributed by atoms with Gasteiger partial charge in [0.05, 0.1) is 4.88 Å². The molecule has 0 radical (unpaired) electrons. The lowest BCUT2D eigenvalue weighted by molar-refractivity contribution is 0.0920. The molecule has 0 aromatic carbocycles. The van der Waals surface area contributed by atoms with Crippen molar-refractivity contribution in [3.05, 3.63) is 21.4 Å². The van der Waals surface area contributed by atoms with Crippen molar-refractivity contribution in [1.29, 1.82) is 0 Å². The molecule has 1 rings (SSSR count). The van der Waals surface area contributed by atoms with Crippen LogP contribution in [-0.4, -0.2) is 23.7 Å². The second-order valence-corrected chi connectivity index (χ2v) is 5.72. The standard InChI is InChI=1S/C13H21NO2S/c1-5-11-6-12(17-10(11)4)13(16)14-9(3)8(2)7-15/h6,8-9,15H,5,7H2,1-4H3,(H,14,16). The average molecular weight is 255 g/mol. The molecule has 3 nitrogen and oxygen atoms in total. The van der Waals surface area contributed by atoms with Crippen LogP contribution in [0.15, 0.2) is 6.07 Å². The van der Waals surface area contributed by atoms with Crippen molar-refractivity contribution >= 4 is 17.2 Å². The zero-order valence-corrected chi connectivity index (χ0v) is 11.7. The van der Waals surface area contributed by atoms with Crippen LogP contribution in [0.3, 0.4) is 0 Å². The first-order chi connectivity index (χ1) is 7.99. The van der Waals surface area contributed by atoms with Crippen LogP contribution in [0.2, 0.25) is 0 Å². The number of aryl methyl sites for hydroxylation is 2. The van der Waals surface area contributed by atoms with Crippen molar-refractivity contribution in [2.45, 2.75) is 40.2 Å². The first-order valence-corrected chi connectivity index (χ1v) is 6.82. The first-order valence-electron chi connectivity index (χ1n) is 6.00. The molecule has 0 saturated heterocycles. The van der Waals surface area contributed by atoms with Crippen LogP contribution in [0.5, 0.6) is 0 Å². The minimum atomic E-state index is -0.0365. The molecule has 0 saturated carbocycles. The summed E-state index contributed by atoms with van der Waals surface area (Å²) in [6.07, 6.45) is 0.957. The van der Waals surface area contributed by atoms with E-state index in [0.717, 1.165) is 11.3 Å². The fourth-order valence-electron chi connectivity index (χ4n) is 1.56. The van der Waals surface area contributed by atoms with Crippen molar-refractivity contribution in [3.8, 4) is 0 Å². The summed E-state index contributed by atoms with van der Waals surface area (Å²) in [6.45, 7) is 8.06. The normalized spacial score (nSPS) is 14.4. The van der Waals surface area contributed by atoms with Gasteiger partial charge in [-0.1, -0.05) is 13.8 Å². The molecule has 1 aromatic rings. The summed E-state index contributed by atoms with van der Waals surface area (Å²) in [6, 6.07) is 1.95. The molecule has 0 aliphatic rings. The molecule has 4 heteroatoms. The second-order valence-electron chi connectivity index (χ2n) is 4.47. The lowest BCUT2D eigenvalue weighted by Crippen LogP contribution is -2.38. The van der Waals surface area contributed by atoms with Crippen LogP contribution in [-0.2, 0) is 6.42 Å². The zero-order chi connectivity index (χ0) is 13.0. The molecule has 0 fully saturated rings. The van der Waals surface area contributed by atoms with Gasteiger partial charge in [-0.15, -0.1) is 11.3 Å². The Kier molecular flexibility index (Phi) is 5.15. The van der Waals surface area contributed by atoms with E-state index in [0.29, 0.717) is 0 Å². The van der Waals surface area contributed by atoms with E-state index < -0.39 is 0 Å². The maximum absolute atomic E-state index is 12.0. The predicted molar refractivity (Wildman–Crippen MR) is 71.6 cm³/mol. The predicted octanol–water partition coefficient (Wildman–Crippen LogP) is 2.37. The third-order valence-corrected chi connectivity index (χ3v) is 4.22. The van der Waals surface area contributed by atoms with E-state index in [1.54, 1.807) is 0 Å². The number of hydrogen-bond donors (Lipinski definition) is 2. The topological polar surface area (TPSA) is 49.3 Å². The molecule has 1 amide bonds. The summed E-state index contributed by atoms with van der Waals surface area (Å²) in [5, 5.41) is 11.9. The third-order valence-electron chi connectivity index (χ3n) is 3.13. The van der Waals surface area contributed by atoms with Crippen molar-refractivity contribution in [3.63, 3.8) is 0 Å². The molecule has 17 heavy (non-hydrogen) atoms. The number of aliphatic hydroxyl groups is 1. The van der Waals surface area contributed by atoms with Crippen LogP contribution in [0.1, 0.15) is 40.9 Å². The lowest BCUT2D eigenvalue weighted by Gasteiger charge is -2.18. The van der Waals surface area contributed by atoms with Crippen molar-refractivity contribution in [1.82, 2.24) is 5.32 Å². The number of amides is 1. The van der Waals surface area contributed by atoms with E-state index in [2.05, 4.69) is 12.2 Å². The molecule has 96 valence electrons. The van der Waals surface area contributed by atoms with E-state index in [1.165, 1.54) is 21.8 Å². The van der Waals surface area contributed by atoms with E-state index in [4.69, 9.17) is 5.11 Å². The number of thiophene rings is 1. The molecule has 1 aromatic heterocycles. The SMILES string of the molecule is CCc1cc(C(=O)NC(C)C(C)CO)sc1C. The van der Waals surface area contributed by atoms with Gasteiger partial charge in [0, 0.05) is 17.5 Å². The first kappa shape index (κ1) is 14.2. The molecule has 0 aliphatic carbocycles. The summed E-state index contributed by atoms with van der Waals surface area (Å²) in [5.74, 6) is 0.0382. The van der Waals surface area contributed by atoms with Gasteiger partial charge in [-0.3, -0.25) is 4.79 Å². The minimum Gasteiger partial charge on any atom is -0.396 e. The van der Waals surface area contributed by atoms with E-state index in [-0.39, 0.29) is 24.5 Å². The summed E-state index contributed by atoms with van der Waals surface area (Å²) in [5.41, 5.74) is 1.24. The molecule has 2 unspecified atom stereocenters. The zero-order valence-electron chi connectivity index (χ0n) is 10.9.